The zero-order chi connectivity index (χ0) is 10.7. The first-order valence-corrected chi connectivity index (χ1v) is 5.38. The lowest BCUT2D eigenvalue weighted by atomic mass is 10.2. The van der Waals surface area contributed by atoms with Crippen molar-refractivity contribution in [2.45, 2.75) is 18.9 Å². The zero-order valence-electron chi connectivity index (χ0n) is 9.02. The summed E-state index contributed by atoms with van der Waals surface area (Å²) in [6, 6.07) is 7.43. The lowest BCUT2D eigenvalue weighted by molar-refractivity contribution is 0.198. The molecule has 0 aliphatic carbocycles. The average molecular weight is 207 g/mol. The van der Waals surface area contributed by atoms with Crippen LogP contribution in [0.4, 0.5) is 0 Å². The number of ether oxygens (including phenoxy) is 1. The average Bonchev–Trinajstić information content (AvgIpc) is 2.63. The van der Waals surface area contributed by atoms with Crippen molar-refractivity contribution in [1.82, 2.24) is 4.90 Å². The van der Waals surface area contributed by atoms with Gasteiger partial charge in [-0.15, -0.1) is 0 Å². The van der Waals surface area contributed by atoms with Gasteiger partial charge in [0.25, 0.3) is 0 Å². The molecule has 1 aromatic carbocycles. The second-order valence-corrected chi connectivity index (χ2v) is 4.08. The molecular formula is C12H17NO2. The third-order valence-corrected chi connectivity index (χ3v) is 2.95. The molecule has 2 rings (SSSR count). The van der Waals surface area contributed by atoms with Crippen LogP contribution in [0, 0.1) is 0 Å². The molecule has 3 nitrogen and oxygen atoms in total. The number of phenolic OH excluding ortho intramolecular Hbond substituents is 1. The quantitative estimate of drug-likeness (QED) is 0.821. The van der Waals surface area contributed by atoms with Gasteiger partial charge in [0, 0.05) is 6.04 Å². The fourth-order valence-corrected chi connectivity index (χ4v) is 1.92. The summed E-state index contributed by atoms with van der Waals surface area (Å²) in [4.78, 5) is 2.33. The summed E-state index contributed by atoms with van der Waals surface area (Å²) in [6.07, 6.45) is 2.48. The molecule has 0 spiro atoms. The molecule has 1 atom stereocenters. The predicted molar refractivity (Wildman–Crippen MR) is 59.3 cm³/mol. The van der Waals surface area contributed by atoms with Gasteiger partial charge in [-0.2, -0.15) is 0 Å². The van der Waals surface area contributed by atoms with Gasteiger partial charge in [-0.05, 0) is 50.7 Å². The topological polar surface area (TPSA) is 32.7 Å². The lowest BCUT2D eigenvalue weighted by Crippen LogP contribution is -2.30. The number of rotatable bonds is 3. The highest BCUT2D eigenvalue weighted by Gasteiger charge is 2.21. The molecule has 1 aromatic rings. The van der Waals surface area contributed by atoms with Crippen LogP contribution in [-0.4, -0.2) is 36.2 Å². The van der Waals surface area contributed by atoms with E-state index in [1.165, 1.54) is 19.4 Å². The van der Waals surface area contributed by atoms with Crippen LogP contribution in [0.25, 0.3) is 0 Å². The Kier molecular flexibility index (Phi) is 3.11. The Balaban J connectivity index is 1.85. The molecule has 0 radical (unpaired) electrons. The fraction of sp³-hybridized carbons (Fsp3) is 0.500. The monoisotopic (exact) mass is 207 g/mol. The highest BCUT2D eigenvalue weighted by molar-refractivity contribution is 5.30. The maximum Gasteiger partial charge on any atom is 0.119 e. The van der Waals surface area contributed by atoms with Gasteiger partial charge in [0.2, 0.25) is 0 Å². The van der Waals surface area contributed by atoms with Gasteiger partial charge in [0.05, 0.1) is 0 Å². The van der Waals surface area contributed by atoms with Crippen LogP contribution in [0.1, 0.15) is 12.8 Å². The van der Waals surface area contributed by atoms with Crippen LogP contribution in [0.15, 0.2) is 24.3 Å². The molecule has 1 aliphatic rings. The van der Waals surface area contributed by atoms with Crippen molar-refractivity contribution in [3.05, 3.63) is 24.3 Å². The Hall–Kier alpha value is -1.22. The molecule has 0 amide bonds. The fourth-order valence-electron chi connectivity index (χ4n) is 1.92. The summed E-state index contributed by atoms with van der Waals surface area (Å²) in [6.45, 7) is 1.91. The van der Waals surface area contributed by atoms with Crippen LogP contribution < -0.4 is 4.74 Å². The summed E-state index contributed by atoms with van der Waals surface area (Å²) < 4.78 is 5.66. The third kappa shape index (κ3) is 2.63. The first-order chi connectivity index (χ1) is 7.25. The van der Waals surface area contributed by atoms with Crippen LogP contribution in [0.5, 0.6) is 11.5 Å². The maximum absolute atomic E-state index is 9.11. The first-order valence-electron chi connectivity index (χ1n) is 5.38. The van der Waals surface area contributed by atoms with Crippen molar-refractivity contribution < 1.29 is 9.84 Å². The van der Waals surface area contributed by atoms with Gasteiger partial charge in [-0.3, -0.25) is 0 Å². The molecule has 1 unspecified atom stereocenters. The Labute approximate surface area is 90.3 Å². The van der Waals surface area contributed by atoms with Crippen molar-refractivity contribution in [3.8, 4) is 11.5 Å². The maximum atomic E-state index is 9.11. The number of hydrogen-bond donors (Lipinski definition) is 1. The van der Waals surface area contributed by atoms with Crippen molar-refractivity contribution in [1.29, 1.82) is 0 Å². The van der Waals surface area contributed by atoms with E-state index in [2.05, 4.69) is 11.9 Å². The van der Waals surface area contributed by atoms with E-state index in [1.807, 2.05) is 0 Å². The smallest absolute Gasteiger partial charge is 0.119 e. The second-order valence-electron chi connectivity index (χ2n) is 4.08. The Morgan fingerprint density at radius 2 is 2.13 bits per heavy atom. The van der Waals surface area contributed by atoms with E-state index >= 15 is 0 Å². The molecule has 0 aromatic heterocycles. The van der Waals surface area contributed by atoms with Crippen molar-refractivity contribution in [3.63, 3.8) is 0 Å². The summed E-state index contributed by atoms with van der Waals surface area (Å²) in [5.74, 6) is 1.11. The summed E-state index contributed by atoms with van der Waals surface area (Å²) in [5.41, 5.74) is 0. The van der Waals surface area contributed by atoms with Gasteiger partial charge in [0.1, 0.15) is 18.1 Å². The van der Waals surface area contributed by atoms with Gasteiger partial charge < -0.3 is 14.7 Å². The predicted octanol–water partition coefficient (Wildman–Crippen LogP) is 1.87. The van der Waals surface area contributed by atoms with Crippen LogP contribution in [0.3, 0.4) is 0 Å². The molecule has 1 aliphatic heterocycles. The van der Waals surface area contributed by atoms with E-state index in [-0.39, 0.29) is 5.75 Å². The minimum Gasteiger partial charge on any atom is -0.508 e. The summed E-state index contributed by atoms with van der Waals surface area (Å²) >= 11 is 0. The molecule has 1 heterocycles. The Morgan fingerprint density at radius 1 is 1.40 bits per heavy atom. The van der Waals surface area contributed by atoms with E-state index in [0.717, 1.165) is 12.4 Å². The lowest BCUT2D eigenvalue weighted by Gasteiger charge is -2.19. The van der Waals surface area contributed by atoms with Gasteiger partial charge in [-0.25, -0.2) is 0 Å². The Bertz CT molecular complexity index is 310. The first kappa shape index (κ1) is 10.3. The summed E-state index contributed by atoms with van der Waals surface area (Å²) in [5, 5.41) is 9.11. The molecule has 15 heavy (non-hydrogen) atoms. The highest BCUT2D eigenvalue weighted by Crippen LogP contribution is 2.19. The summed E-state index contributed by atoms with van der Waals surface area (Å²) in [7, 11) is 2.14. The van der Waals surface area contributed by atoms with Crippen LogP contribution in [0.2, 0.25) is 0 Å². The second kappa shape index (κ2) is 4.53. The minimum atomic E-state index is 0.278. The van der Waals surface area contributed by atoms with Crippen molar-refractivity contribution >= 4 is 0 Å². The number of hydrogen-bond acceptors (Lipinski definition) is 3. The number of likely N-dealkylation sites (tertiary alicyclic amines) is 1. The SMILES string of the molecule is CN1CCCC1COc1ccc(O)cc1. The van der Waals surface area contributed by atoms with E-state index < -0.39 is 0 Å². The van der Waals surface area contributed by atoms with E-state index in [1.54, 1.807) is 24.3 Å². The highest BCUT2D eigenvalue weighted by atomic mass is 16.5. The van der Waals surface area contributed by atoms with E-state index in [4.69, 9.17) is 9.84 Å². The molecule has 1 N–H and O–H groups in total. The zero-order valence-corrected chi connectivity index (χ0v) is 9.02. The molecule has 82 valence electrons. The molecule has 1 fully saturated rings. The molecular weight excluding hydrogens is 190 g/mol. The van der Waals surface area contributed by atoms with Gasteiger partial charge in [-0.1, -0.05) is 0 Å². The minimum absolute atomic E-state index is 0.278. The van der Waals surface area contributed by atoms with Crippen LogP contribution >= 0.6 is 0 Å². The van der Waals surface area contributed by atoms with Gasteiger partial charge >= 0.3 is 0 Å². The van der Waals surface area contributed by atoms with Crippen LogP contribution in [-0.2, 0) is 0 Å². The number of likely N-dealkylation sites (N-methyl/N-ethyl adjacent to an activating group) is 1. The largest absolute Gasteiger partial charge is 0.508 e. The van der Waals surface area contributed by atoms with E-state index in [0.29, 0.717) is 6.04 Å². The standard InChI is InChI=1S/C12H17NO2/c1-13-8-2-3-10(13)9-15-12-6-4-11(14)5-7-12/h4-7,10,14H,2-3,8-9H2,1H3. The number of phenols is 1. The number of nitrogens with zero attached hydrogens (tertiary/aromatic N) is 1. The van der Waals surface area contributed by atoms with E-state index in [9.17, 15) is 0 Å². The number of aromatic hydroxyl groups is 1. The Morgan fingerprint density at radius 3 is 2.73 bits per heavy atom. The molecule has 1 saturated heterocycles. The third-order valence-electron chi connectivity index (χ3n) is 2.95. The van der Waals surface area contributed by atoms with Crippen molar-refractivity contribution in [2.75, 3.05) is 20.2 Å². The molecule has 0 saturated carbocycles. The molecule has 0 bridgehead atoms. The molecule has 3 heteroatoms. The van der Waals surface area contributed by atoms with Gasteiger partial charge in [0.15, 0.2) is 0 Å². The van der Waals surface area contributed by atoms with Crippen molar-refractivity contribution in [2.24, 2.45) is 0 Å². The normalized spacial score (nSPS) is 21.8. The number of benzene rings is 1.